The molecule has 5 nitrogen and oxygen atoms in total. The van der Waals surface area contributed by atoms with Crippen LogP contribution in [-0.4, -0.2) is 22.1 Å². The summed E-state index contributed by atoms with van der Waals surface area (Å²) in [4.78, 5) is 17.4. The third kappa shape index (κ3) is 3.91. The molecular formula is C20H21N3O2S. The van der Waals surface area contributed by atoms with Crippen LogP contribution in [0.5, 0.6) is 0 Å². The molecule has 0 atom stereocenters. The predicted octanol–water partition coefficient (Wildman–Crippen LogP) is 4.72. The highest BCUT2D eigenvalue weighted by Crippen LogP contribution is 2.28. The highest BCUT2D eigenvalue weighted by molar-refractivity contribution is 7.14. The van der Waals surface area contributed by atoms with E-state index in [4.69, 9.17) is 4.52 Å². The largest absolute Gasteiger partial charge is 0.360 e. The minimum Gasteiger partial charge on any atom is -0.360 e. The summed E-state index contributed by atoms with van der Waals surface area (Å²) in [7, 11) is 0. The molecule has 0 saturated heterocycles. The lowest BCUT2D eigenvalue weighted by Gasteiger charge is -2.06. The Bertz CT molecular complexity index is 939. The standard InChI is InChI=1S/C20H21N3O2S/c1-12(2)21-20(24)19-13(3)22-17(26-19)11-10-16-14(4)25-23-18(16)15-8-6-5-7-9-15/h5-12H,1-4H3,(H,21,24). The molecule has 2 aromatic heterocycles. The summed E-state index contributed by atoms with van der Waals surface area (Å²) < 4.78 is 5.37. The fourth-order valence-corrected chi connectivity index (χ4v) is 3.43. The second-order valence-electron chi connectivity index (χ2n) is 6.30. The van der Waals surface area contributed by atoms with E-state index >= 15 is 0 Å². The van der Waals surface area contributed by atoms with E-state index in [0.29, 0.717) is 4.88 Å². The molecule has 0 radical (unpaired) electrons. The quantitative estimate of drug-likeness (QED) is 0.708. The monoisotopic (exact) mass is 367 g/mol. The van der Waals surface area contributed by atoms with E-state index in [9.17, 15) is 4.79 Å². The van der Waals surface area contributed by atoms with Crippen LogP contribution in [-0.2, 0) is 0 Å². The maximum Gasteiger partial charge on any atom is 0.263 e. The predicted molar refractivity (Wildman–Crippen MR) is 105 cm³/mol. The summed E-state index contributed by atoms with van der Waals surface area (Å²) in [5, 5.41) is 7.85. The Morgan fingerprint density at radius 2 is 1.92 bits per heavy atom. The molecule has 3 aromatic rings. The van der Waals surface area contributed by atoms with Gasteiger partial charge in [-0.15, -0.1) is 11.3 Å². The SMILES string of the molecule is Cc1nc(C=Cc2c(-c3ccccc3)noc2C)sc1C(=O)NC(C)C. The summed E-state index contributed by atoms with van der Waals surface area (Å²) in [6.45, 7) is 7.61. The fraction of sp³-hybridized carbons (Fsp3) is 0.250. The zero-order valence-electron chi connectivity index (χ0n) is 15.2. The molecule has 0 spiro atoms. The number of carbonyl (C=O) groups excluding carboxylic acids is 1. The zero-order valence-corrected chi connectivity index (χ0v) is 16.1. The van der Waals surface area contributed by atoms with E-state index in [-0.39, 0.29) is 11.9 Å². The van der Waals surface area contributed by atoms with Gasteiger partial charge in [-0.05, 0) is 39.8 Å². The van der Waals surface area contributed by atoms with Crippen LogP contribution in [0.15, 0.2) is 34.9 Å². The first-order valence-electron chi connectivity index (χ1n) is 8.43. The van der Waals surface area contributed by atoms with Gasteiger partial charge in [-0.1, -0.05) is 35.5 Å². The lowest BCUT2D eigenvalue weighted by Crippen LogP contribution is -2.29. The molecule has 1 N–H and O–H groups in total. The third-order valence-corrected chi connectivity index (χ3v) is 4.91. The molecule has 3 rings (SSSR count). The van der Waals surface area contributed by atoms with Crippen LogP contribution in [0.1, 0.15) is 45.5 Å². The number of nitrogens with one attached hydrogen (secondary N) is 1. The van der Waals surface area contributed by atoms with Crippen LogP contribution < -0.4 is 5.32 Å². The number of hydrogen-bond acceptors (Lipinski definition) is 5. The van der Waals surface area contributed by atoms with Gasteiger partial charge in [0.2, 0.25) is 0 Å². The molecule has 134 valence electrons. The minimum atomic E-state index is -0.0826. The second kappa shape index (κ2) is 7.66. The van der Waals surface area contributed by atoms with Gasteiger partial charge in [0.1, 0.15) is 21.3 Å². The number of hydrogen-bond donors (Lipinski definition) is 1. The van der Waals surface area contributed by atoms with Crippen molar-refractivity contribution in [3.63, 3.8) is 0 Å². The van der Waals surface area contributed by atoms with Gasteiger partial charge in [0.25, 0.3) is 5.91 Å². The number of rotatable bonds is 5. The van der Waals surface area contributed by atoms with E-state index in [0.717, 1.165) is 33.3 Å². The van der Waals surface area contributed by atoms with Crippen LogP contribution in [0.4, 0.5) is 0 Å². The number of nitrogens with zero attached hydrogens (tertiary/aromatic N) is 2. The zero-order chi connectivity index (χ0) is 18.7. The van der Waals surface area contributed by atoms with Gasteiger partial charge in [-0.2, -0.15) is 0 Å². The van der Waals surface area contributed by atoms with Crippen molar-refractivity contribution in [3.05, 3.63) is 57.2 Å². The average molecular weight is 367 g/mol. The Kier molecular flexibility index (Phi) is 5.32. The van der Waals surface area contributed by atoms with Gasteiger partial charge < -0.3 is 9.84 Å². The van der Waals surface area contributed by atoms with E-state index < -0.39 is 0 Å². The minimum absolute atomic E-state index is 0.0826. The van der Waals surface area contributed by atoms with Gasteiger partial charge >= 0.3 is 0 Å². The molecule has 2 heterocycles. The Balaban J connectivity index is 1.88. The third-order valence-electron chi connectivity index (χ3n) is 3.79. The maximum absolute atomic E-state index is 12.2. The topological polar surface area (TPSA) is 68.0 Å². The maximum atomic E-state index is 12.2. The number of amides is 1. The van der Waals surface area contributed by atoms with E-state index in [1.54, 1.807) is 0 Å². The summed E-state index contributed by atoms with van der Waals surface area (Å²) in [6.07, 6.45) is 3.84. The number of carbonyl (C=O) groups is 1. The molecule has 1 amide bonds. The van der Waals surface area contributed by atoms with Crippen molar-refractivity contribution in [2.45, 2.75) is 33.7 Å². The van der Waals surface area contributed by atoms with Crippen molar-refractivity contribution in [1.82, 2.24) is 15.5 Å². The van der Waals surface area contributed by atoms with Crippen molar-refractivity contribution < 1.29 is 9.32 Å². The highest BCUT2D eigenvalue weighted by Gasteiger charge is 2.16. The molecule has 0 aliphatic carbocycles. The average Bonchev–Trinajstić information content (AvgIpc) is 3.16. The van der Waals surface area contributed by atoms with Crippen LogP contribution in [0.2, 0.25) is 0 Å². The van der Waals surface area contributed by atoms with Crippen LogP contribution in [0.3, 0.4) is 0 Å². The van der Waals surface area contributed by atoms with E-state index in [2.05, 4.69) is 15.5 Å². The Labute approximate surface area is 156 Å². The Morgan fingerprint density at radius 3 is 2.62 bits per heavy atom. The first-order valence-corrected chi connectivity index (χ1v) is 9.25. The number of benzene rings is 1. The first-order chi connectivity index (χ1) is 12.5. The van der Waals surface area contributed by atoms with Gasteiger partial charge in [0.15, 0.2) is 0 Å². The van der Waals surface area contributed by atoms with Gasteiger partial charge in [0, 0.05) is 17.2 Å². The molecule has 6 heteroatoms. The van der Waals surface area contributed by atoms with Crippen molar-refractivity contribution in [3.8, 4) is 11.3 Å². The Hall–Kier alpha value is -2.73. The van der Waals surface area contributed by atoms with Crippen LogP contribution >= 0.6 is 11.3 Å². The molecule has 0 saturated carbocycles. The summed E-state index contributed by atoms with van der Waals surface area (Å²) >= 11 is 1.38. The molecule has 0 fully saturated rings. The molecule has 0 unspecified atom stereocenters. The highest BCUT2D eigenvalue weighted by atomic mass is 32.1. The molecule has 0 aliphatic heterocycles. The molecule has 1 aromatic carbocycles. The second-order valence-corrected chi connectivity index (χ2v) is 7.33. The molecule has 0 bridgehead atoms. The lowest BCUT2D eigenvalue weighted by atomic mass is 10.1. The summed E-state index contributed by atoms with van der Waals surface area (Å²) in [5.41, 5.74) is 3.44. The fourth-order valence-electron chi connectivity index (χ4n) is 2.56. The van der Waals surface area contributed by atoms with E-state index in [1.165, 1.54) is 11.3 Å². The number of aryl methyl sites for hydroxylation is 2. The first kappa shape index (κ1) is 18.1. The van der Waals surface area contributed by atoms with Crippen molar-refractivity contribution in [2.75, 3.05) is 0 Å². The number of thiazole rings is 1. The van der Waals surface area contributed by atoms with Crippen LogP contribution in [0, 0.1) is 13.8 Å². The lowest BCUT2D eigenvalue weighted by molar-refractivity contribution is 0.0946. The smallest absolute Gasteiger partial charge is 0.263 e. The van der Waals surface area contributed by atoms with Crippen LogP contribution in [0.25, 0.3) is 23.4 Å². The Morgan fingerprint density at radius 1 is 1.19 bits per heavy atom. The van der Waals surface area contributed by atoms with Crippen molar-refractivity contribution >= 4 is 29.4 Å². The van der Waals surface area contributed by atoms with E-state index in [1.807, 2.05) is 70.2 Å². The summed E-state index contributed by atoms with van der Waals surface area (Å²) in [5.74, 6) is 0.659. The van der Waals surface area contributed by atoms with Gasteiger partial charge in [-0.3, -0.25) is 4.79 Å². The molecule has 26 heavy (non-hydrogen) atoms. The van der Waals surface area contributed by atoms with Crippen molar-refractivity contribution in [1.29, 1.82) is 0 Å². The summed E-state index contributed by atoms with van der Waals surface area (Å²) in [6, 6.07) is 9.99. The molecular weight excluding hydrogens is 346 g/mol. The van der Waals surface area contributed by atoms with Gasteiger partial charge in [0.05, 0.1) is 5.69 Å². The van der Waals surface area contributed by atoms with Gasteiger partial charge in [-0.25, -0.2) is 4.98 Å². The molecule has 0 aliphatic rings. The number of aromatic nitrogens is 2. The van der Waals surface area contributed by atoms with Crippen molar-refractivity contribution in [2.24, 2.45) is 0 Å². The normalized spacial score (nSPS) is 11.4.